The SMILES string of the molecule is CCCCCCN1CCc2c(C)cc(C)c(NC(=O)C(C)(C)C)c21.Cc1c(Br)c(C)c([N+](=O)[O-])c2c1CCN2. The molecule has 2 aliphatic heterocycles. The molecule has 2 N–H and O–H groups in total. The van der Waals surface area contributed by atoms with Crippen LogP contribution in [0.3, 0.4) is 0 Å². The first-order chi connectivity index (χ1) is 18.3. The third-order valence-corrected chi connectivity index (χ3v) is 9.03. The van der Waals surface area contributed by atoms with E-state index in [9.17, 15) is 14.9 Å². The summed E-state index contributed by atoms with van der Waals surface area (Å²) in [5.41, 5.74) is 9.66. The monoisotopic (exact) mass is 600 g/mol. The summed E-state index contributed by atoms with van der Waals surface area (Å²) in [5.74, 6) is 0.0921. The zero-order valence-corrected chi connectivity index (χ0v) is 26.5. The lowest BCUT2D eigenvalue weighted by atomic mass is 9.94. The van der Waals surface area contributed by atoms with E-state index >= 15 is 0 Å². The van der Waals surface area contributed by atoms with Gasteiger partial charge in [-0.25, -0.2) is 0 Å². The average Bonchev–Trinajstić information content (AvgIpc) is 3.50. The predicted octanol–water partition coefficient (Wildman–Crippen LogP) is 8.17. The van der Waals surface area contributed by atoms with Crippen LogP contribution in [0.4, 0.5) is 22.7 Å². The van der Waals surface area contributed by atoms with E-state index in [1.807, 2.05) is 27.7 Å². The van der Waals surface area contributed by atoms with Gasteiger partial charge in [0.2, 0.25) is 5.91 Å². The fourth-order valence-corrected chi connectivity index (χ4v) is 5.95. The van der Waals surface area contributed by atoms with E-state index < -0.39 is 0 Å². The van der Waals surface area contributed by atoms with Crippen molar-refractivity contribution in [3.8, 4) is 0 Å². The van der Waals surface area contributed by atoms with Crippen molar-refractivity contribution >= 4 is 44.6 Å². The highest BCUT2D eigenvalue weighted by molar-refractivity contribution is 9.10. The van der Waals surface area contributed by atoms with Crippen molar-refractivity contribution in [3.05, 3.63) is 54.0 Å². The van der Waals surface area contributed by atoms with Gasteiger partial charge in [-0.2, -0.15) is 0 Å². The Kier molecular flexibility index (Phi) is 10.1. The number of aryl methyl sites for hydroxylation is 2. The Balaban J connectivity index is 0.000000239. The Bertz CT molecular complexity index is 1250. The molecule has 0 aliphatic carbocycles. The van der Waals surface area contributed by atoms with Gasteiger partial charge in [-0.05, 0) is 90.7 Å². The Morgan fingerprint density at radius 1 is 1.08 bits per heavy atom. The number of fused-ring (bicyclic) bond motifs is 2. The number of amides is 1. The van der Waals surface area contributed by atoms with Crippen LogP contribution in [-0.4, -0.2) is 30.5 Å². The lowest BCUT2D eigenvalue weighted by Gasteiger charge is -2.26. The molecule has 0 fully saturated rings. The van der Waals surface area contributed by atoms with E-state index in [2.05, 4.69) is 58.3 Å². The topological polar surface area (TPSA) is 87.5 Å². The fraction of sp³-hybridized carbons (Fsp3) is 0.581. The number of anilines is 3. The molecule has 4 rings (SSSR count). The van der Waals surface area contributed by atoms with Crippen molar-refractivity contribution in [2.24, 2.45) is 5.41 Å². The lowest BCUT2D eigenvalue weighted by molar-refractivity contribution is -0.384. The lowest BCUT2D eigenvalue weighted by Crippen LogP contribution is -2.29. The number of nitrogens with zero attached hydrogens (tertiary/aromatic N) is 2. The number of nitrogens with one attached hydrogen (secondary N) is 2. The van der Waals surface area contributed by atoms with Gasteiger partial charge in [0.1, 0.15) is 5.69 Å². The van der Waals surface area contributed by atoms with Gasteiger partial charge >= 0.3 is 0 Å². The fourth-order valence-electron chi connectivity index (χ4n) is 5.52. The minimum absolute atomic E-state index is 0.0921. The Labute approximate surface area is 242 Å². The summed E-state index contributed by atoms with van der Waals surface area (Å²) in [6.45, 7) is 19.2. The number of nitro groups is 1. The zero-order valence-electron chi connectivity index (χ0n) is 24.9. The molecule has 0 spiro atoms. The van der Waals surface area contributed by atoms with Crippen molar-refractivity contribution in [1.82, 2.24) is 0 Å². The van der Waals surface area contributed by atoms with Crippen LogP contribution in [0, 0.1) is 43.2 Å². The number of rotatable bonds is 7. The number of carbonyl (C=O) groups is 1. The molecule has 1 amide bonds. The molecule has 2 heterocycles. The van der Waals surface area contributed by atoms with Gasteiger partial charge in [0.15, 0.2) is 0 Å². The highest BCUT2D eigenvalue weighted by atomic mass is 79.9. The second-order valence-electron chi connectivity index (χ2n) is 11.9. The van der Waals surface area contributed by atoms with E-state index in [0.29, 0.717) is 11.3 Å². The third kappa shape index (κ3) is 6.76. The Morgan fingerprint density at radius 2 is 1.77 bits per heavy atom. The Hall–Kier alpha value is -2.61. The predicted molar refractivity (Wildman–Crippen MR) is 167 cm³/mol. The maximum Gasteiger partial charge on any atom is 0.296 e. The van der Waals surface area contributed by atoms with Crippen LogP contribution >= 0.6 is 15.9 Å². The van der Waals surface area contributed by atoms with Crippen molar-refractivity contribution in [1.29, 1.82) is 0 Å². The van der Waals surface area contributed by atoms with E-state index in [1.165, 1.54) is 48.1 Å². The Morgan fingerprint density at radius 3 is 2.38 bits per heavy atom. The number of benzene rings is 2. The molecule has 0 aromatic heterocycles. The first-order valence-electron chi connectivity index (χ1n) is 14.2. The molecule has 2 aromatic rings. The van der Waals surface area contributed by atoms with Gasteiger partial charge < -0.3 is 15.5 Å². The van der Waals surface area contributed by atoms with E-state index in [1.54, 1.807) is 6.92 Å². The molecule has 0 radical (unpaired) electrons. The van der Waals surface area contributed by atoms with Gasteiger partial charge in [0, 0.05) is 35.1 Å². The van der Waals surface area contributed by atoms with Gasteiger partial charge in [-0.1, -0.05) is 53.0 Å². The molecular formula is C31H45BrN4O3. The first kappa shape index (κ1) is 30.9. The molecule has 0 bridgehead atoms. The number of hydrogen-bond acceptors (Lipinski definition) is 5. The number of nitro benzene ring substituents is 1. The van der Waals surface area contributed by atoms with Crippen LogP contribution < -0.4 is 15.5 Å². The summed E-state index contributed by atoms with van der Waals surface area (Å²) in [7, 11) is 0. The second kappa shape index (κ2) is 12.7. The second-order valence-corrected chi connectivity index (χ2v) is 12.7. The minimum atomic E-state index is -0.380. The number of unbranched alkanes of at least 4 members (excludes halogenated alkanes) is 3. The molecule has 7 nitrogen and oxygen atoms in total. The van der Waals surface area contributed by atoms with Crippen LogP contribution in [0.25, 0.3) is 0 Å². The van der Waals surface area contributed by atoms with Crippen LogP contribution in [0.15, 0.2) is 10.5 Å². The maximum atomic E-state index is 12.5. The molecule has 0 saturated carbocycles. The van der Waals surface area contributed by atoms with E-state index in [-0.39, 0.29) is 21.9 Å². The standard InChI is InChI=1S/C21H34N2O.C10H11BrN2O2/c1-7-8-9-10-12-23-13-11-17-15(2)14-16(3)18(19(17)23)22-20(24)21(4,5)6;1-5-7-3-4-12-9(7)10(13(14)15)6(2)8(5)11/h14H,7-13H2,1-6H3,(H,22,24);12H,3-4H2,1-2H3. The summed E-state index contributed by atoms with van der Waals surface area (Å²) in [4.78, 5) is 25.7. The summed E-state index contributed by atoms with van der Waals surface area (Å²) >= 11 is 3.42. The molecular weight excluding hydrogens is 556 g/mol. The molecule has 39 heavy (non-hydrogen) atoms. The van der Waals surface area contributed by atoms with Crippen LogP contribution in [0.2, 0.25) is 0 Å². The summed E-state index contributed by atoms with van der Waals surface area (Å²) in [6, 6.07) is 2.22. The molecule has 2 aliphatic rings. The normalized spacial score (nSPS) is 13.8. The molecule has 8 heteroatoms. The van der Waals surface area contributed by atoms with Crippen LogP contribution in [-0.2, 0) is 17.6 Å². The van der Waals surface area contributed by atoms with Crippen molar-refractivity contribution in [2.75, 3.05) is 35.2 Å². The van der Waals surface area contributed by atoms with E-state index in [0.717, 1.165) is 53.8 Å². The zero-order chi connectivity index (χ0) is 29.1. The van der Waals surface area contributed by atoms with Crippen molar-refractivity contribution < 1.29 is 9.72 Å². The van der Waals surface area contributed by atoms with Gasteiger partial charge in [0.25, 0.3) is 5.69 Å². The summed E-state index contributed by atoms with van der Waals surface area (Å²) < 4.78 is 0.858. The average molecular weight is 602 g/mol. The molecule has 214 valence electrons. The number of carbonyl (C=O) groups excluding carboxylic acids is 1. The quantitative estimate of drug-likeness (QED) is 0.190. The van der Waals surface area contributed by atoms with Crippen molar-refractivity contribution in [3.63, 3.8) is 0 Å². The van der Waals surface area contributed by atoms with Gasteiger partial charge in [0.05, 0.1) is 16.3 Å². The van der Waals surface area contributed by atoms with Crippen LogP contribution in [0.1, 0.15) is 86.8 Å². The summed E-state index contributed by atoms with van der Waals surface area (Å²) in [5, 5.41) is 17.3. The number of halogens is 1. The highest BCUT2D eigenvalue weighted by Crippen LogP contribution is 2.43. The summed E-state index contributed by atoms with van der Waals surface area (Å²) in [6.07, 6.45) is 7.04. The van der Waals surface area contributed by atoms with Crippen LogP contribution in [0.5, 0.6) is 0 Å². The maximum absolute atomic E-state index is 12.5. The largest absolute Gasteiger partial charge is 0.379 e. The minimum Gasteiger partial charge on any atom is -0.379 e. The molecule has 0 unspecified atom stereocenters. The van der Waals surface area contributed by atoms with Gasteiger partial charge in [-0.15, -0.1) is 0 Å². The number of hydrogen-bond donors (Lipinski definition) is 2. The molecule has 2 aromatic carbocycles. The first-order valence-corrected chi connectivity index (χ1v) is 15.0. The molecule has 0 saturated heterocycles. The smallest absolute Gasteiger partial charge is 0.296 e. The van der Waals surface area contributed by atoms with Gasteiger partial charge in [-0.3, -0.25) is 14.9 Å². The molecule has 0 atom stereocenters. The third-order valence-electron chi connectivity index (χ3n) is 7.84. The van der Waals surface area contributed by atoms with Crippen molar-refractivity contribution in [2.45, 2.75) is 93.9 Å². The highest BCUT2D eigenvalue weighted by Gasteiger charge is 2.30. The van der Waals surface area contributed by atoms with E-state index in [4.69, 9.17) is 0 Å².